The first-order chi connectivity index (χ1) is 8.75. The molecule has 0 N–H and O–H groups in total. The smallest absolute Gasteiger partial charge is 0.132 e. The second kappa shape index (κ2) is 4.42. The van der Waals surface area contributed by atoms with E-state index in [9.17, 15) is 0 Å². The molecule has 0 amide bonds. The van der Waals surface area contributed by atoms with Crippen LogP contribution in [0.4, 0.5) is 0 Å². The highest BCUT2D eigenvalue weighted by Crippen LogP contribution is 2.17. The maximum absolute atomic E-state index is 6.18. The summed E-state index contributed by atoms with van der Waals surface area (Å²) in [4.78, 5) is 0. The van der Waals surface area contributed by atoms with E-state index in [0.29, 0.717) is 6.54 Å². The second-order valence-electron chi connectivity index (χ2n) is 4.25. The molecule has 0 fully saturated rings. The van der Waals surface area contributed by atoms with Crippen molar-refractivity contribution in [3.05, 3.63) is 59.1 Å². The van der Waals surface area contributed by atoms with Crippen LogP contribution < -0.4 is 4.68 Å². The Bertz CT molecular complexity index is 703. The third kappa shape index (κ3) is 1.87. The molecule has 0 aliphatic heterocycles. The molecule has 0 atom stereocenters. The Balaban J connectivity index is 2.08. The van der Waals surface area contributed by atoms with Gasteiger partial charge >= 0.3 is 0 Å². The standard InChI is InChI=1S/C14H13ClN3/c1-17-13-8-4-5-9-14(13)18(16-17)10-11-6-2-3-7-12(11)15/h2-9H,10H2,1H3/q+1. The number of aryl methyl sites for hydroxylation is 1. The molecule has 18 heavy (non-hydrogen) atoms. The van der Waals surface area contributed by atoms with Crippen molar-refractivity contribution < 1.29 is 4.68 Å². The van der Waals surface area contributed by atoms with Crippen LogP contribution in [-0.4, -0.2) is 9.90 Å². The molecule has 0 saturated carbocycles. The van der Waals surface area contributed by atoms with Gasteiger partial charge in [-0.1, -0.05) is 41.9 Å². The van der Waals surface area contributed by atoms with E-state index in [2.05, 4.69) is 17.3 Å². The van der Waals surface area contributed by atoms with Gasteiger partial charge in [0, 0.05) is 10.6 Å². The zero-order chi connectivity index (χ0) is 12.5. The van der Waals surface area contributed by atoms with Crippen LogP contribution in [0.25, 0.3) is 11.0 Å². The van der Waals surface area contributed by atoms with Crippen molar-refractivity contribution in [1.82, 2.24) is 9.90 Å². The lowest BCUT2D eigenvalue weighted by Crippen LogP contribution is -2.31. The molecular weight excluding hydrogens is 246 g/mol. The van der Waals surface area contributed by atoms with Crippen LogP contribution in [0.15, 0.2) is 48.5 Å². The van der Waals surface area contributed by atoms with Crippen LogP contribution in [0.2, 0.25) is 5.02 Å². The Hall–Kier alpha value is -1.87. The normalized spacial score (nSPS) is 11.0. The zero-order valence-corrected chi connectivity index (χ0v) is 10.8. The summed E-state index contributed by atoms with van der Waals surface area (Å²) in [7, 11) is 1.95. The van der Waals surface area contributed by atoms with E-state index in [1.54, 1.807) is 0 Å². The number of halogens is 1. The van der Waals surface area contributed by atoms with Crippen LogP contribution in [0.5, 0.6) is 0 Å². The summed E-state index contributed by atoms with van der Waals surface area (Å²) in [6, 6.07) is 16.0. The first-order valence-corrected chi connectivity index (χ1v) is 6.19. The molecule has 1 aromatic heterocycles. The van der Waals surface area contributed by atoms with E-state index in [1.807, 2.05) is 52.8 Å². The Kier molecular flexibility index (Phi) is 2.76. The molecule has 3 nitrogen and oxygen atoms in total. The molecule has 0 bridgehead atoms. The van der Waals surface area contributed by atoms with Crippen LogP contribution in [0.3, 0.4) is 0 Å². The van der Waals surface area contributed by atoms with Gasteiger partial charge in [-0.05, 0) is 18.2 Å². The average Bonchev–Trinajstić information content (AvgIpc) is 2.70. The van der Waals surface area contributed by atoms with E-state index < -0.39 is 0 Å². The summed E-state index contributed by atoms with van der Waals surface area (Å²) in [6.45, 7) is 0.682. The van der Waals surface area contributed by atoms with Gasteiger partial charge < -0.3 is 0 Å². The van der Waals surface area contributed by atoms with Crippen LogP contribution >= 0.6 is 11.6 Å². The molecule has 4 heteroatoms. The van der Waals surface area contributed by atoms with E-state index in [1.165, 1.54) is 0 Å². The van der Waals surface area contributed by atoms with Crippen molar-refractivity contribution in [3.8, 4) is 0 Å². The molecule has 0 aliphatic rings. The predicted molar refractivity (Wildman–Crippen MR) is 71.5 cm³/mol. The summed E-state index contributed by atoms with van der Waals surface area (Å²) in [5.74, 6) is 0. The Morgan fingerprint density at radius 1 is 1.11 bits per heavy atom. The summed E-state index contributed by atoms with van der Waals surface area (Å²) in [5, 5.41) is 5.28. The van der Waals surface area contributed by atoms with Gasteiger partial charge in [0.2, 0.25) is 0 Å². The molecule has 1 heterocycles. The fraction of sp³-hybridized carbons (Fsp3) is 0.143. The Morgan fingerprint density at radius 2 is 1.83 bits per heavy atom. The predicted octanol–water partition coefficient (Wildman–Crippen LogP) is 2.56. The highest BCUT2D eigenvalue weighted by Gasteiger charge is 2.15. The molecule has 0 radical (unpaired) electrons. The lowest BCUT2D eigenvalue weighted by atomic mass is 10.2. The maximum Gasteiger partial charge on any atom is 0.198 e. The number of rotatable bonds is 2. The molecule has 0 spiro atoms. The Morgan fingerprint density at radius 3 is 2.67 bits per heavy atom. The minimum atomic E-state index is 0.682. The number of benzene rings is 2. The number of nitrogens with zero attached hydrogens (tertiary/aromatic N) is 3. The van der Waals surface area contributed by atoms with Gasteiger partial charge in [-0.25, -0.2) is 0 Å². The number of aromatic nitrogens is 3. The molecule has 2 aromatic carbocycles. The topological polar surface area (TPSA) is 21.7 Å². The van der Waals surface area contributed by atoms with Gasteiger partial charge in [-0.15, -0.1) is 9.36 Å². The fourth-order valence-corrected chi connectivity index (χ4v) is 2.31. The summed E-state index contributed by atoms with van der Waals surface area (Å²) < 4.78 is 3.85. The second-order valence-corrected chi connectivity index (χ2v) is 4.66. The Labute approximate surface area is 110 Å². The average molecular weight is 259 g/mol. The first-order valence-electron chi connectivity index (χ1n) is 5.81. The maximum atomic E-state index is 6.18. The van der Waals surface area contributed by atoms with Gasteiger partial charge in [0.25, 0.3) is 0 Å². The minimum absolute atomic E-state index is 0.682. The molecule has 3 rings (SSSR count). The lowest BCUT2D eigenvalue weighted by molar-refractivity contribution is -0.709. The largest absolute Gasteiger partial charge is 0.198 e. The molecule has 3 aromatic rings. The molecular formula is C14H13ClN3+. The van der Waals surface area contributed by atoms with Crippen molar-refractivity contribution in [2.24, 2.45) is 7.05 Å². The fourth-order valence-electron chi connectivity index (χ4n) is 2.12. The van der Waals surface area contributed by atoms with Crippen LogP contribution in [0, 0.1) is 0 Å². The summed E-state index contributed by atoms with van der Waals surface area (Å²) >= 11 is 6.18. The van der Waals surface area contributed by atoms with Crippen molar-refractivity contribution >= 4 is 22.6 Å². The lowest BCUT2D eigenvalue weighted by Gasteiger charge is -1.99. The van der Waals surface area contributed by atoms with E-state index in [-0.39, 0.29) is 0 Å². The van der Waals surface area contributed by atoms with Gasteiger partial charge in [0.1, 0.15) is 13.6 Å². The summed E-state index contributed by atoms with van der Waals surface area (Å²) in [6.07, 6.45) is 0. The van der Waals surface area contributed by atoms with Crippen molar-refractivity contribution in [2.75, 3.05) is 0 Å². The van der Waals surface area contributed by atoms with E-state index in [4.69, 9.17) is 11.6 Å². The SMILES string of the molecule is C[n+]1nn(Cc2ccccc2Cl)c2ccccc21. The van der Waals surface area contributed by atoms with Gasteiger partial charge in [0.15, 0.2) is 11.0 Å². The number of para-hydroxylation sites is 2. The summed E-state index contributed by atoms with van der Waals surface area (Å²) in [5.41, 5.74) is 3.30. The molecule has 0 saturated heterocycles. The first kappa shape index (κ1) is 11.2. The number of hydrogen-bond donors (Lipinski definition) is 0. The number of fused-ring (bicyclic) bond motifs is 1. The van der Waals surface area contributed by atoms with Gasteiger partial charge in [0.05, 0.1) is 5.21 Å². The highest BCUT2D eigenvalue weighted by molar-refractivity contribution is 6.31. The van der Waals surface area contributed by atoms with Gasteiger partial charge in [-0.2, -0.15) is 0 Å². The third-order valence-corrected chi connectivity index (χ3v) is 3.40. The molecule has 90 valence electrons. The number of hydrogen-bond acceptors (Lipinski definition) is 1. The van der Waals surface area contributed by atoms with E-state index in [0.717, 1.165) is 21.6 Å². The van der Waals surface area contributed by atoms with Crippen molar-refractivity contribution in [3.63, 3.8) is 0 Å². The quantitative estimate of drug-likeness (QED) is 0.648. The van der Waals surface area contributed by atoms with E-state index >= 15 is 0 Å². The molecule has 0 unspecified atom stereocenters. The van der Waals surface area contributed by atoms with Crippen LogP contribution in [-0.2, 0) is 13.6 Å². The van der Waals surface area contributed by atoms with Crippen molar-refractivity contribution in [1.29, 1.82) is 0 Å². The van der Waals surface area contributed by atoms with Gasteiger partial charge in [-0.3, -0.25) is 0 Å². The van der Waals surface area contributed by atoms with Crippen LogP contribution in [0.1, 0.15) is 5.56 Å². The monoisotopic (exact) mass is 258 g/mol. The minimum Gasteiger partial charge on any atom is -0.132 e. The molecule has 0 aliphatic carbocycles. The zero-order valence-electron chi connectivity index (χ0n) is 10.0. The van der Waals surface area contributed by atoms with Crippen molar-refractivity contribution in [2.45, 2.75) is 6.54 Å². The highest BCUT2D eigenvalue weighted by atomic mass is 35.5. The third-order valence-electron chi connectivity index (χ3n) is 3.03.